The van der Waals surface area contributed by atoms with Crippen LogP contribution in [0.2, 0.25) is 0 Å². The van der Waals surface area contributed by atoms with Crippen molar-refractivity contribution in [3.05, 3.63) is 24.4 Å². The predicted octanol–water partition coefficient (Wildman–Crippen LogP) is 2.68. The molecular weight excluding hydrogens is 360 g/mol. The minimum absolute atomic E-state index is 0.486. The lowest BCUT2D eigenvalue weighted by atomic mass is 10.1. The van der Waals surface area contributed by atoms with Gasteiger partial charge in [-0.1, -0.05) is 25.1 Å². The van der Waals surface area contributed by atoms with E-state index in [1.165, 1.54) is 25.7 Å². The summed E-state index contributed by atoms with van der Waals surface area (Å²) in [4.78, 5) is 12.2. The number of hydrazine groups is 2. The fraction of sp³-hybridized carbons (Fsp3) is 0.526. The van der Waals surface area contributed by atoms with E-state index < -0.39 is 0 Å². The lowest BCUT2D eigenvalue weighted by Crippen LogP contribution is -2.49. The van der Waals surface area contributed by atoms with Crippen LogP contribution in [0.25, 0.3) is 11.0 Å². The molecule has 1 fully saturated rings. The summed E-state index contributed by atoms with van der Waals surface area (Å²) in [5.74, 6) is 1.28. The third-order valence-electron chi connectivity index (χ3n) is 5.00. The first-order chi connectivity index (χ1) is 13.1. The number of nitrogens with one attached hydrogen (secondary N) is 2. The molecule has 0 radical (unpaired) electrons. The summed E-state index contributed by atoms with van der Waals surface area (Å²) in [6.07, 6.45) is 6.75. The third-order valence-corrected chi connectivity index (χ3v) is 5.43. The van der Waals surface area contributed by atoms with E-state index in [-0.39, 0.29) is 0 Å². The van der Waals surface area contributed by atoms with Crippen LogP contribution in [0.5, 0.6) is 0 Å². The Kier molecular flexibility index (Phi) is 6.76. The normalized spacial score (nSPS) is 14.5. The lowest BCUT2D eigenvalue weighted by molar-refractivity contribution is 0.206. The number of fused-ring (bicyclic) bond motifs is 1. The summed E-state index contributed by atoms with van der Waals surface area (Å²) in [6, 6.07) is 5.97. The summed E-state index contributed by atoms with van der Waals surface area (Å²) in [6.45, 7) is 1.47. The third kappa shape index (κ3) is 5.03. The fourth-order valence-electron chi connectivity index (χ4n) is 3.22. The predicted molar refractivity (Wildman–Crippen MR) is 114 cm³/mol. The molecule has 3 rings (SSSR count). The zero-order chi connectivity index (χ0) is 19.2. The number of likely N-dealkylation sites (N-methyl/N-ethyl adjacent to an activating group) is 1. The molecule has 2 N–H and O–H groups in total. The van der Waals surface area contributed by atoms with Gasteiger partial charge in [0.25, 0.3) is 0 Å². The van der Waals surface area contributed by atoms with Crippen molar-refractivity contribution >= 4 is 39.7 Å². The van der Waals surface area contributed by atoms with Crippen LogP contribution in [0.3, 0.4) is 0 Å². The van der Waals surface area contributed by atoms with Gasteiger partial charge in [-0.2, -0.15) is 0 Å². The van der Waals surface area contributed by atoms with Gasteiger partial charge in [-0.05, 0) is 31.0 Å². The second kappa shape index (κ2) is 9.25. The number of rotatable bonds is 8. The Balaban J connectivity index is 1.67. The standard InChI is InChI=1S/C19H28N6OS/c1-24(10-11-26-3)15-12-17-16(20-13-15)8-9-18(21-17)25(2)23-22-19(27)14-6-4-5-7-14/h8-9,12-14,23H,4-7,10-11H2,1-3H3,(H,22,27). The number of anilines is 2. The summed E-state index contributed by atoms with van der Waals surface area (Å²) < 4.78 is 5.14. The molecule has 2 heterocycles. The SMILES string of the molecule is COCCN(C)c1cnc2ccc(N(C)NNC(=S)C3CCCC3)nc2c1. The van der Waals surface area contributed by atoms with Gasteiger partial charge in [0.15, 0.2) is 0 Å². The molecule has 0 unspecified atom stereocenters. The van der Waals surface area contributed by atoms with E-state index in [1.807, 2.05) is 43.5 Å². The highest BCUT2D eigenvalue weighted by Crippen LogP contribution is 2.25. The minimum atomic E-state index is 0.486. The molecule has 1 aliphatic rings. The molecule has 2 aromatic rings. The first-order valence-corrected chi connectivity index (χ1v) is 9.75. The van der Waals surface area contributed by atoms with Gasteiger partial charge in [0.2, 0.25) is 0 Å². The smallest absolute Gasteiger partial charge is 0.144 e. The Bertz CT molecular complexity index is 780. The van der Waals surface area contributed by atoms with Gasteiger partial charge in [0, 0.05) is 33.7 Å². The van der Waals surface area contributed by atoms with Gasteiger partial charge in [0.05, 0.1) is 34.5 Å². The van der Waals surface area contributed by atoms with Crippen molar-refractivity contribution < 1.29 is 4.74 Å². The van der Waals surface area contributed by atoms with E-state index in [9.17, 15) is 0 Å². The van der Waals surface area contributed by atoms with Crippen LogP contribution in [-0.4, -0.2) is 49.3 Å². The number of hydrogen-bond acceptors (Lipinski definition) is 7. The molecule has 0 bridgehead atoms. The summed E-state index contributed by atoms with van der Waals surface area (Å²) >= 11 is 5.49. The van der Waals surface area contributed by atoms with Crippen molar-refractivity contribution in [2.75, 3.05) is 44.3 Å². The van der Waals surface area contributed by atoms with Crippen LogP contribution < -0.4 is 20.9 Å². The Morgan fingerprint density at radius 3 is 2.78 bits per heavy atom. The number of pyridine rings is 2. The Morgan fingerprint density at radius 2 is 2.04 bits per heavy atom. The maximum absolute atomic E-state index is 5.49. The highest BCUT2D eigenvalue weighted by molar-refractivity contribution is 7.80. The maximum Gasteiger partial charge on any atom is 0.144 e. The van der Waals surface area contributed by atoms with Gasteiger partial charge in [-0.25, -0.2) is 4.98 Å². The first-order valence-electron chi connectivity index (χ1n) is 9.34. The van der Waals surface area contributed by atoms with Gasteiger partial charge in [0.1, 0.15) is 5.82 Å². The number of thiocarbonyl (C=S) groups is 1. The summed E-state index contributed by atoms with van der Waals surface area (Å²) in [5.41, 5.74) is 9.02. The van der Waals surface area contributed by atoms with Crippen LogP contribution in [0, 0.1) is 5.92 Å². The Hall–Kier alpha value is -2.03. The molecule has 1 aliphatic carbocycles. The molecule has 0 aliphatic heterocycles. The molecular formula is C19H28N6OS. The van der Waals surface area contributed by atoms with Crippen molar-refractivity contribution in [2.24, 2.45) is 5.92 Å². The molecule has 1 saturated carbocycles. The molecule has 0 saturated heterocycles. The molecule has 0 spiro atoms. The second-order valence-corrected chi connectivity index (χ2v) is 7.40. The highest BCUT2D eigenvalue weighted by atomic mass is 32.1. The van der Waals surface area contributed by atoms with Gasteiger partial charge < -0.3 is 9.64 Å². The number of nitrogens with zero attached hydrogens (tertiary/aromatic N) is 4. The summed E-state index contributed by atoms with van der Waals surface area (Å²) in [7, 11) is 5.64. The molecule has 2 aromatic heterocycles. The van der Waals surface area contributed by atoms with E-state index >= 15 is 0 Å². The van der Waals surface area contributed by atoms with E-state index in [0.717, 1.165) is 34.1 Å². The van der Waals surface area contributed by atoms with E-state index in [1.54, 1.807) is 7.11 Å². The number of aromatic nitrogens is 2. The zero-order valence-electron chi connectivity index (χ0n) is 16.2. The van der Waals surface area contributed by atoms with E-state index in [2.05, 4.69) is 20.8 Å². The molecule has 27 heavy (non-hydrogen) atoms. The quantitative estimate of drug-likeness (QED) is 0.529. The lowest BCUT2D eigenvalue weighted by Gasteiger charge is -2.23. The van der Waals surface area contributed by atoms with E-state index in [0.29, 0.717) is 12.5 Å². The van der Waals surface area contributed by atoms with E-state index in [4.69, 9.17) is 21.9 Å². The van der Waals surface area contributed by atoms with Crippen molar-refractivity contribution in [2.45, 2.75) is 25.7 Å². The topological polar surface area (TPSA) is 65.6 Å². The molecule has 8 heteroatoms. The monoisotopic (exact) mass is 388 g/mol. The van der Waals surface area contributed by atoms with Crippen LogP contribution in [0.15, 0.2) is 24.4 Å². The highest BCUT2D eigenvalue weighted by Gasteiger charge is 2.19. The molecule has 0 amide bonds. The molecule has 0 aromatic carbocycles. The molecule has 0 atom stereocenters. The van der Waals surface area contributed by atoms with Crippen molar-refractivity contribution in [3.8, 4) is 0 Å². The largest absolute Gasteiger partial charge is 0.383 e. The summed E-state index contributed by atoms with van der Waals surface area (Å²) in [5, 5.41) is 1.84. The van der Waals surface area contributed by atoms with Crippen molar-refractivity contribution in [1.29, 1.82) is 0 Å². The molecule has 146 valence electrons. The fourth-order valence-corrected chi connectivity index (χ4v) is 3.51. The Morgan fingerprint density at radius 1 is 1.26 bits per heavy atom. The van der Waals surface area contributed by atoms with Crippen LogP contribution in [0.4, 0.5) is 11.5 Å². The maximum atomic E-state index is 5.49. The van der Waals surface area contributed by atoms with Crippen LogP contribution >= 0.6 is 12.2 Å². The van der Waals surface area contributed by atoms with Crippen molar-refractivity contribution in [3.63, 3.8) is 0 Å². The minimum Gasteiger partial charge on any atom is -0.383 e. The van der Waals surface area contributed by atoms with Crippen LogP contribution in [-0.2, 0) is 4.74 Å². The van der Waals surface area contributed by atoms with Gasteiger partial charge in [-0.15, -0.1) is 5.53 Å². The first kappa shape index (κ1) is 19.7. The van der Waals surface area contributed by atoms with Gasteiger partial charge >= 0.3 is 0 Å². The number of hydrogen-bond donors (Lipinski definition) is 2. The number of methoxy groups -OCH3 is 1. The van der Waals surface area contributed by atoms with Crippen molar-refractivity contribution in [1.82, 2.24) is 20.9 Å². The second-order valence-electron chi connectivity index (χ2n) is 6.96. The molecule has 7 nitrogen and oxygen atoms in total. The zero-order valence-corrected chi connectivity index (χ0v) is 17.1. The average molecular weight is 389 g/mol. The Labute approximate surface area is 166 Å². The number of ether oxygens (including phenoxy) is 1. The van der Waals surface area contributed by atoms with Gasteiger partial charge in [-0.3, -0.25) is 15.4 Å². The average Bonchev–Trinajstić information content (AvgIpc) is 3.24. The van der Waals surface area contributed by atoms with Crippen LogP contribution in [0.1, 0.15) is 25.7 Å².